The lowest BCUT2D eigenvalue weighted by atomic mass is 10.1. The quantitative estimate of drug-likeness (QED) is 0.513. The average Bonchev–Trinajstić information content (AvgIpc) is 2.78. The van der Waals surface area contributed by atoms with E-state index in [2.05, 4.69) is 15.6 Å². The molecule has 0 unspecified atom stereocenters. The summed E-state index contributed by atoms with van der Waals surface area (Å²) in [4.78, 5) is 27.9. The second-order valence-electron chi connectivity index (χ2n) is 6.90. The SMILES string of the molecule is CNC(=O)c1cc(Oc2cccc(CCNC(=O)c3ccc(F)cc3C(F)(F)F)c2)ccn1. The van der Waals surface area contributed by atoms with E-state index in [0.717, 1.165) is 17.7 Å². The van der Waals surface area contributed by atoms with Crippen molar-refractivity contribution in [3.63, 3.8) is 0 Å². The summed E-state index contributed by atoms with van der Waals surface area (Å²) in [5.41, 5.74) is -1.04. The van der Waals surface area contributed by atoms with Crippen LogP contribution in [-0.2, 0) is 12.6 Å². The highest BCUT2D eigenvalue weighted by Gasteiger charge is 2.35. The number of nitrogens with zero attached hydrogens (tertiary/aromatic N) is 1. The van der Waals surface area contributed by atoms with Crippen molar-refractivity contribution in [3.05, 3.63) is 89.0 Å². The van der Waals surface area contributed by atoms with Gasteiger partial charge in [-0.25, -0.2) is 4.39 Å². The van der Waals surface area contributed by atoms with Crippen molar-refractivity contribution < 1.29 is 31.9 Å². The Kier molecular flexibility index (Phi) is 7.27. The molecule has 6 nitrogen and oxygen atoms in total. The van der Waals surface area contributed by atoms with Crippen LogP contribution in [0.2, 0.25) is 0 Å². The second kappa shape index (κ2) is 10.1. The van der Waals surface area contributed by atoms with Crippen molar-refractivity contribution in [1.29, 1.82) is 0 Å². The smallest absolute Gasteiger partial charge is 0.417 e. The molecule has 0 bridgehead atoms. The molecule has 3 aromatic rings. The molecule has 0 atom stereocenters. The third-order valence-electron chi connectivity index (χ3n) is 4.56. The van der Waals surface area contributed by atoms with Crippen molar-refractivity contribution in [2.45, 2.75) is 12.6 Å². The zero-order valence-corrected chi connectivity index (χ0v) is 17.4. The Morgan fingerprint density at radius 3 is 2.48 bits per heavy atom. The summed E-state index contributed by atoms with van der Waals surface area (Å²) in [6, 6.07) is 11.8. The van der Waals surface area contributed by atoms with E-state index in [-0.39, 0.29) is 18.1 Å². The van der Waals surface area contributed by atoms with Crippen LogP contribution >= 0.6 is 0 Å². The monoisotopic (exact) mass is 461 g/mol. The number of halogens is 4. The van der Waals surface area contributed by atoms with Gasteiger partial charge in [0.1, 0.15) is 23.0 Å². The van der Waals surface area contributed by atoms with Crippen molar-refractivity contribution in [3.8, 4) is 11.5 Å². The minimum atomic E-state index is -4.86. The number of amides is 2. The second-order valence-corrected chi connectivity index (χ2v) is 6.90. The maximum atomic E-state index is 13.2. The number of hydrogen-bond acceptors (Lipinski definition) is 4. The van der Waals surface area contributed by atoms with E-state index >= 15 is 0 Å². The number of pyridine rings is 1. The zero-order valence-electron chi connectivity index (χ0n) is 17.4. The molecular formula is C23H19F4N3O3. The van der Waals surface area contributed by atoms with Crippen LogP contribution in [0.1, 0.15) is 32.0 Å². The van der Waals surface area contributed by atoms with Gasteiger partial charge in [-0.2, -0.15) is 13.2 Å². The lowest BCUT2D eigenvalue weighted by Gasteiger charge is -2.13. The Balaban J connectivity index is 1.63. The first-order chi connectivity index (χ1) is 15.7. The maximum Gasteiger partial charge on any atom is 0.417 e. The van der Waals surface area contributed by atoms with Crippen molar-refractivity contribution in [1.82, 2.24) is 15.6 Å². The van der Waals surface area contributed by atoms with Gasteiger partial charge >= 0.3 is 6.18 Å². The number of ether oxygens (including phenoxy) is 1. The molecule has 0 aliphatic heterocycles. The van der Waals surface area contributed by atoms with Gasteiger partial charge < -0.3 is 15.4 Å². The third kappa shape index (κ3) is 6.28. The molecule has 2 aromatic carbocycles. The number of carbonyl (C=O) groups excluding carboxylic acids is 2. The number of hydrogen-bond donors (Lipinski definition) is 2. The first-order valence-corrected chi connectivity index (χ1v) is 9.77. The zero-order chi connectivity index (χ0) is 24.0. The molecule has 0 aliphatic rings. The summed E-state index contributed by atoms with van der Waals surface area (Å²) in [5, 5.41) is 4.89. The van der Waals surface area contributed by atoms with Gasteiger partial charge in [0.2, 0.25) is 0 Å². The van der Waals surface area contributed by atoms with E-state index in [1.54, 1.807) is 30.3 Å². The molecule has 1 heterocycles. The van der Waals surface area contributed by atoms with Gasteiger partial charge in [-0.3, -0.25) is 14.6 Å². The number of carbonyl (C=O) groups is 2. The maximum absolute atomic E-state index is 13.2. The van der Waals surface area contributed by atoms with E-state index in [1.165, 1.54) is 19.3 Å². The summed E-state index contributed by atoms with van der Waals surface area (Å²) in [7, 11) is 1.49. The standard InChI is InChI=1S/C23H19F4N3O3/c1-28-22(32)20-13-17(8-10-29-20)33-16-4-2-3-14(11-16)7-9-30-21(31)18-6-5-15(24)12-19(18)23(25,26)27/h2-6,8,10-13H,7,9H2,1H3,(H,28,32)(H,30,31). The van der Waals surface area contributed by atoms with Gasteiger partial charge in [0, 0.05) is 25.9 Å². The molecule has 0 saturated carbocycles. The average molecular weight is 461 g/mol. The molecule has 1 aromatic heterocycles. The van der Waals surface area contributed by atoms with E-state index in [4.69, 9.17) is 4.74 Å². The van der Waals surface area contributed by atoms with Gasteiger partial charge in [-0.05, 0) is 48.4 Å². The molecule has 2 amide bonds. The van der Waals surface area contributed by atoms with Crippen molar-refractivity contribution in [2.24, 2.45) is 0 Å². The Bertz CT molecular complexity index is 1170. The minimum Gasteiger partial charge on any atom is -0.457 e. The van der Waals surface area contributed by atoms with Gasteiger partial charge in [0.05, 0.1) is 11.1 Å². The normalized spacial score (nSPS) is 11.1. The molecule has 0 fully saturated rings. The Morgan fingerprint density at radius 2 is 1.76 bits per heavy atom. The fourth-order valence-corrected chi connectivity index (χ4v) is 2.99. The highest BCUT2D eigenvalue weighted by atomic mass is 19.4. The number of alkyl halides is 3. The van der Waals surface area contributed by atoms with Crippen LogP contribution in [0.4, 0.5) is 17.6 Å². The van der Waals surface area contributed by atoms with Gasteiger partial charge in [0.15, 0.2) is 0 Å². The van der Waals surface area contributed by atoms with Crippen LogP contribution in [-0.4, -0.2) is 30.4 Å². The van der Waals surface area contributed by atoms with Crippen LogP contribution in [0.5, 0.6) is 11.5 Å². The number of rotatable bonds is 7. The number of benzene rings is 2. The summed E-state index contributed by atoms with van der Waals surface area (Å²) in [6.45, 7) is 0.0486. The summed E-state index contributed by atoms with van der Waals surface area (Å²) < 4.78 is 58.3. The van der Waals surface area contributed by atoms with E-state index < -0.39 is 29.0 Å². The molecule has 33 heavy (non-hydrogen) atoms. The molecule has 172 valence electrons. The number of aromatic nitrogens is 1. The van der Waals surface area contributed by atoms with Crippen LogP contribution in [0.15, 0.2) is 60.8 Å². The first kappa shape index (κ1) is 23.7. The Labute approximate surface area is 186 Å². The minimum absolute atomic E-state index is 0.0486. The third-order valence-corrected chi connectivity index (χ3v) is 4.56. The van der Waals surface area contributed by atoms with Gasteiger partial charge in [0.25, 0.3) is 11.8 Å². The first-order valence-electron chi connectivity index (χ1n) is 9.77. The molecule has 0 aliphatic carbocycles. The largest absolute Gasteiger partial charge is 0.457 e. The fraction of sp³-hybridized carbons (Fsp3) is 0.174. The lowest BCUT2D eigenvalue weighted by Crippen LogP contribution is -2.28. The highest BCUT2D eigenvalue weighted by Crippen LogP contribution is 2.32. The predicted octanol–water partition coefficient (Wildman–Crippen LogP) is 4.36. The summed E-state index contributed by atoms with van der Waals surface area (Å²) >= 11 is 0. The van der Waals surface area contributed by atoms with Crippen molar-refractivity contribution >= 4 is 11.8 Å². The van der Waals surface area contributed by atoms with E-state index in [0.29, 0.717) is 24.0 Å². The summed E-state index contributed by atoms with van der Waals surface area (Å²) in [5.74, 6) is -1.53. The predicted molar refractivity (Wildman–Crippen MR) is 112 cm³/mol. The molecular weight excluding hydrogens is 442 g/mol. The topological polar surface area (TPSA) is 80.3 Å². The van der Waals surface area contributed by atoms with E-state index in [1.807, 2.05) is 0 Å². The Morgan fingerprint density at radius 1 is 1.00 bits per heavy atom. The van der Waals surface area contributed by atoms with Gasteiger partial charge in [-0.1, -0.05) is 12.1 Å². The molecule has 0 radical (unpaired) electrons. The highest BCUT2D eigenvalue weighted by molar-refractivity contribution is 5.96. The summed E-state index contributed by atoms with van der Waals surface area (Å²) in [6.07, 6.45) is -3.11. The molecule has 0 saturated heterocycles. The molecule has 3 rings (SSSR count). The fourth-order valence-electron chi connectivity index (χ4n) is 2.99. The molecule has 2 N–H and O–H groups in total. The van der Waals surface area contributed by atoms with Crippen molar-refractivity contribution in [2.75, 3.05) is 13.6 Å². The molecule has 0 spiro atoms. The Hall–Kier alpha value is -3.95. The van der Waals surface area contributed by atoms with Gasteiger partial charge in [-0.15, -0.1) is 0 Å². The lowest BCUT2D eigenvalue weighted by molar-refractivity contribution is -0.138. The van der Waals surface area contributed by atoms with E-state index in [9.17, 15) is 27.2 Å². The van der Waals surface area contributed by atoms with Crippen LogP contribution in [0, 0.1) is 5.82 Å². The van der Waals surface area contributed by atoms with Crippen LogP contribution < -0.4 is 15.4 Å². The molecule has 10 heteroatoms. The van der Waals surface area contributed by atoms with Crippen LogP contribution in [0.3, 0.4) is 0 Å². The number of nitrogens with one attached hydrogen (secondary N) is 2. The van der Waals surface area contributed by atoms with Crippen LogP contribution in [0.25, 0.3) is 0 Å².